The fourth-order valence-electron chi connectivity index (χ4n) is 0.941. The van der Waals surface area contributed by atoms with Crippen LogP contribution in [0.2, 0.25) is 0 Å². The number of nitrogens with two attached hydrogens (primary N) is 1. The highest BCUT2D eigenvalue weighted by Crippen LogP contribution is 1.88. The minimum Gasteiger partial charge on any atom is -0.351 e. The van der Waals surface area contributed by atoms with Crippen LogP contribution in [0.4, 0.5) is 4.79 Å². The minimum atomic E-state index is -0.359. The Hall–Kier alpha value is -0.770. The zero-order valence-electron chi connectivity index (χ0n) is 8.21. The summed E-state index contributed by atoms with van der Waals surface area (Å²) in [6.07, 6.45) is 0. The Morgan fingerprint density at radius 3 is 2.08 bits per heavy atom. The monoisotopic (exact) mass is 173 g/mol. The molecule has 0 aromatic rings. The van der Waals surface area contributed by atoms with Gasteiger partial charge in [0.25, 0.3) is 0 Å². The summed E-state index contributed by atoms with van der Waals surface area (Å²) in [6.45, 7) is 7.84. The standard InChI is InChI=1S/C8H19N3O/c1-4-11(5-2)7-6-10(3)8(9)12/h4-7H2,1-3H3,(H2,9,12). The third-order valence-electron chi connectivity index (χ3n) is 2.02. The van der Waals surface area contributed by atoms with Crippen molar-refractivity contribution in [2.75, 3.05) is 33.2 Å². The maximum absolute atomic E-state index is 10.6. The van der Waals surface area contributed by atoms with Crippen molar-refractivity contribution in [3.63, 3.8) is 0 Å². The molecule has 0 heterocycles. The van der Waals surface area contributed by atoms with Crippen LogP contribution in [0.1, 0.15) is 13.8 Å². The van der Waals surface area contributed by atoms with E-state index in [-0.39, 0.29) is 6.03 Å². The third kappa shape index (κ3) is 4.18. The van der Waals surface area contributed by atoms with E-state index in [1.54, 1.807) is 7.05 Å². The molecule has 0 atom stereocenters. The Bertz CT molecular complexity index is 134. The summed E-state index contributed by atoms with van der Waals surface area (Å²) >= 11 is 0. The van der Waals surface area contributed by atoms with E-state index in [4.69, 9.17) is 5.73 Å². The lowest BCUT2D eigenvalue weighted by Crippen LogP contribution is -2.38. The van der Waals surface area contributed by atoms with Crippen LogP contribution in [0, 0.1) is 0 Å². The molecule has 2 amide bonds. The van der Waals surface area contributed by atoms with Crippen LogP contribution in [0.15, 0.2) is 0 Å². The van der Waals surface area contributed by atoms with E-state index in [0.29, 0.717) is 6.54 Å². The van der Waals surface area contributed by atoms with E-state index in [1.807, 2.05) is 0 Å². The maximum atomic E-state index is 10.6. The summed E-state index contributed by atoms with van der Waals surface area (Å²) in [4.78, 5) is 14.4. The van der Waals surface area contributed by atoms with Crippen molar-refractivity contribution in [2.24, 2.45) is 5.73 Å². The predicted molar refractivity (Wildman–Crippen MR) is 50.0 cm³/mol. The molecule has 0 saturated heterocycles. The number of rotatable bonds is 5. The molecule has 0 unspecified atom stereocenters. The number of likely N-dealkylation sites (N-methyl/N-ethyl adjacent to an activating group) is 2. The van der Waals surface area contributed by atoms with Gasteiger partial charge in [-0.25, -0.2) is 4.79 Å². The lowest BCUT2D eigenvalue weighted by atomic mass is 10.4. The van der Waals surface area contributed by atoms with Crippen LogP contribution in [0.3, 0.4) is 0 Å². The molecule has 72 valence electrons. The van der Waals surface area contributed by atoms with E-state index in [9.17, 15) is 4.79 Å². The summed E-state index contributed by atoms with van der Waals surface area (Å²) in [6, 6.07) is -0.359. The molecule has 0 fully saturated rings. The molecule has 4 heteroatoms. The van der Waals surface area contributed by atoms with Gasteiger partial charge in [0.15, 0.2) is 0 Å². The molecule has 0 aliphatic carbocycles. The summed E-state index contributed by atoms with van der Waals surface area (Å²) in [5.74, 6) is 0. The lowest BCUT2D eigenvalue weighted by Gasteiger charge is -2.21. The van der Waals surface area contributed by atoms with Crippen LogP contribution in [-0.4, -0.2) is 49.1 Å². The van der Waals surface area contributed by atoms with Gasteiger partial charge in [-0.1, -0.05) is 13.8 Å². The average Bonchev–Trinajstić information content (AvgIpc) is 2.05. The van der Waals surface area contributed by atoms with Gasteiger partial charge < -0.3 is 15.5 Å². The highest BCUT2D eigenvalue weighted by Gasteiger charge is 2.04. The molecule has 0 bridgehead atoms. The Labute approximate surface area is 74.3 Å². The highest BCUT2D eigenvalue weighted by atomic mass is 16.2. The van der Waals surface area contributed by atoms with Crippen LogP contribution in [0.5, 0.6) is 0 Å². The first-order valence-corrected chi connectivity index (χ1v) is 4.34. The minimum absolute atomic E-state index is 0.359. The van der Waals surface area contributed by atoms with Crippen LogP contribution < -0.4 is 5.73 Å². The van der Waals surface area contributed by atoms with Crippen molar-refractivity contribution in [3.05, 3.63) is 0 Å². The number of hydrogen-bond acceptors (Lipinski definition) is 2. The van der Waals surface area contributed by atoms with Gasteiger partial charge >= 0.3 is 6.03 Å². The molecule has 0 rings (SSSR count). The Kier molecular flexibility index (Phi) is 5.45. The van der Waals surface area contributed by atoms with E-state index in [1.165, 1.54) is 4.90 Å². The Morgan fingerprint density at radius 1 is 1.25 bits per heavy atom. The van der Waals surface area contributed by atoms with Gasteiger partial charge in [0.1, 0.15) is 0 Å². The van der Waals surface area contributed by atoms with Gasteiger partial charge in [0, 0.05) is 20.1 Å². The van der Waals surface area contributed by atoms with E-state index in [2.05, 4.69) is 18.7 Å². The fourth-order valence-corrected chi connectivity index (χ4v) is 0.941. The zero-order valence-corrected chi connectivity index (χ0v) is 8.21. The average molecular weight is 173 g/mol. The predicted octanol–water partition coefficient (Wildman–Crippen LogP) is 0.339. The molecule has 4 nitrogen and oxygen atoms in total. The van der Waals surface area contributed by atoms with Crippen LogP contribution in [-0.2, 0) is 0 Å². The van der Waals surface area contributed by atoms with Crippen molar-refractivity contribution in [3.8, 4) is 0 Å². The number of nitrogens with zero attached hydrogens (tertiary/aromatic N) is 2. The normalized spacial score (nSPS) is 10.3. The quantitative estimate of drug-likeness (QED) is 0.651. The number of primary amides is 1. The van der Waals surface area contributed by atoms with E-state index < -0.39 is 0 Å². The van der Waals surface area contributed by atoms with E-state index >= 15 is 0 Å². The number of carbonyl (C=O) groups is 1. The first-order chi connectivity index (χ1) is 5.61. The Morgan fingerprint density at radius 2 is 1.75 bits per heavy atom. The molecule has 0 aromatic carbocycles. The summed E-state index contributed by atoms with van der Waals surface area (Å²) < 4.78 is 0. The lowest BCUT2D eigenvalue weighted by molar-refractivity contribution is 0.206. The zero-order chi connectivity index (χ0) is 9.56. The fraction of sp³-hybridized carbons (Fsp3) is 0.875. The molecule has 0 spiro atoms. The molecule has 0 aromatic heterocycles. The number of amides is 2. The molecule has 12 heavy (non-hydrogen) atoms. The smallest absolute Gasteiger partial charge is 0.314 e. The number of hydrogen-bond donors (Lipinski definition) is 1. The number of urea groups is 1. The second kappa shape index (κ2) is 5.83. The van der Waals surface area contributed by atoms with Gasteiger partial charge in [0.2, 0.25) is 0 Å². The van der Waals surface area contributed by atoms with Gasteiger partial charge in [-0.15, -0.1) is 0 Å². The van der Waals surface area contributed by atoms with Crippen molar-refractivity contribution in [2.45, 2.75) is 13.8 Å². The summed E-state index contributed by atoms with van der Waals surface area (Å²) in [5, 5.41) is 0. The molecular formula is C8H19N3O. The van der Waals surface area contributed by atoms with Crippen LogP contribution >= 0.6 is 0 Å². The van der Waals surface area contributed by atoms with Gasteiger partial charge in [-0.05, 0) is 13.1 Å². The molecule has 2 N–H and O–H groups in total. The van der Waals surface area contributed by atoms with Gasteiger partial charge in [0.05, 0.1) is 0 Å². The summed E-state index contributed by atoms with van der Waals surface area (Å²) in [5.41, 5.74) is 5.07. The SMILES string of the molecule is CCN(CC)CCN(C)C(N)=O. The van der Waals surface area contributed by atoms with Crippen molar-refractivity contribution >= 4 is 6.03 Å². The molecular weight excluding hydrogens is 154 g/mol. The second-order valence-electron chi connectivity index (χ2n) is 2.79. The molecule has 0 saturated carbocycles. The van der Waals surface area contributed by atoms with Gasteiger partial charge in [-0.2, -0.15) is 0 Å². The van der Waals surface area contributed by atoms with Crippen molar-refractivity contribution < 1.29 is 4.79 Å². The first kappa shape index (κ1) is 11.2. The number of carbonyl (C=O) groups excluding carboxylic acids is 1. The molecule has 0 aliphatic heterocycles. The highest BCUT2D eigenvalue weighted by molar-refractivity contribution is 5.71. The Balaban J connectivity index is 3.58. The topological polar surface area (TPSA) is 49.6 Å². The second-order valence-corrected chi connectivity index (χ2v) is 2.79. The van der Waals surface area contributed by atoms with Crippen molar-refractivity contribution in [1.29, 1.82) is 0 Å². The van der Waals surface area contributed by atoms with Crippen LogP contribution in [0.25, 0.3) is 0 Å². The molecule has 0 radical (unpaired) electrons. The maximum Gasteiger partial charge on any atom is 0.314 e. The van der Waals surface area contributed by atoms with E-state index in [0.717, 1.165) is 19.6 Å². The van der Waals surface area contributed by atoms with Crippen molar-refractivity contribution in [1.82, 2.24) is 9.80 Å². The third-order valence-corrected chi connectivity index (χ3v) is 2.02. The summed E-state index contributed by atoms with van der Waals surface area (Å²) in [7, 11) is 1.71. The first-order valence-electron chi connectivity index (χ1n) is 4.34. The molecule has 0 aliphatic rings. The largest absolute Gasteiger partial charge is 0.351 e. The van der Waals surface area contributed by atoms with Gasteiger partial charge in [-0.3, -0.25) is 0 Å².